The summed E-state index contributed by atoms with van der Waals surface area (Å²) in [4.78, 5) is 19.5. The lowest BCUT2D eigenvalue weighted by Crippen LogP contribution is -2.65. The number of carbonyl (C=O) groups excluding carboxylic acids is 1. The van der Waals surface area contributed by atoms with Crippen LogP contribution in [0, 0.1) is 13.8 Å². The fourth-order valence-electron chi connectivity index (χ4n) is 9.91. The van der Waals surface area contributed by atoms with Crippen LogP contribution in [0.3, 0.4) is 0 Å². The zero-order chi connectivity index (χ0) is 37.5. The maximum Gasteiger partial charge on any atom is 0.331 e. The molecular formula is C40H49N3O9S. The minimum atomic E-state index is -1.21. The number of phenols is 2. The van der Waals surface area contributed by atoms with Gasteiger partial charge in [-0.1, -0.05) is 19.9 Å². The molecule has 53 heavy (non-hydrogen) atoms. The van der Waals surface area contributed by atoms with Crippen LogP contribution in [-0.2, 0) is 27.9 Å². The van der Waals surface area contributed by atoms with Crippen LogP contribution in [0.5, 0.6) is 40.2 Å². The van der Waals surface area contributed by atoms with Crippen LogP contribution >= 0.6 is 11.8 Å². The van der Waals surface area contributed by atoms with Crippen molar-refractivity contribution in [2.24, 2.45) is 0 Å². The Balaban J connectivity index is 0.00000197. The number of aryl methyl sites for hydroxylation is 1. The lowest BCUT2D eigenvalue weighted by molar-refractivity contribution is -0.156. The van der Waals surface area contributed by atoms with Gasteiger partial charge in [0.25, 0.3) is 0 Å². The van der Waals surface area contributed by atoms with Crippen LogP contribution in [0.4, 0.5) is 0 Å². The number of ether oxygens (including phenoxy) is 6. The summed E-state index contributed by atoms with van der Waals surface area (Å²) in [5, 5.41) is 26.0. The van der Waals surface area contributed by atoms with Crippen molar-refractivity contribution in [3.63, 3.8) is 0 Å². The zero-order valence-electron chi connectivity index (χ0n) is 31.6. The van der Waals surface area contributed by atoms with E-state index in [4.69, 9.17) is 28.4 Å². The number of nitrogens with one attached hydrogen (secondary N) is 1. The lowest BCUT2D eigenvalue weighted by atomic mass is 9.73. The van der Waals surface area contributed by atoms with Gasteiger partial charge in [0.2, 0.25) is 6.79 Å². The Morgan fingerprint density at radius 2 is 1.70 bits per heavy atom. The SMILES string of the molecule is CC.COc1cc2c(cc1O)CCN[C@]21CSC2c3c(OC)c(C)c4c(c3C(COC1=O)N1CC3Cc5cc(C)c(OC)c(O)c5C(C21)N3C)OCO4. The molecule has 0 saturated carbocycles. The van der Waals surface area contributed by atoms with E-state index in [1.807, 2.05) is 27.7 Å². The summed E-state index contributed by atoms with van der Waals surface area (Å²) >= 11 is 1.68. The van der Waals surface area contributed by atoms with E-state index in [-0.39, 0.29) is 54.2 Å². The first-order chi connectivity index (χ1) is 25.6. The third-order valence-corrected chi connectivity index (χ3v) is 13.6. The molecule has 3 aromatic carbocycles. The van der Waals surface area contributed by atoms with Crippen molar-refractivity contribution >= 4 is 17.7 Å². The van der Waals surface area contributed by atoms with Crippen LogP contribution in [0.15, 0.2) is 18.2 Å². The molecule has 7 aliphatic heterocycles. The van der Waals surface area contributed by atoms with E-state index in [2.05, 4.69) is 28.2 Å². The average Bonchev–Trinajstić information content (AvgIpc) is 3.65. The zero-order valence-corrected chi connectivity index (χ0v) is 32.4. The van der Waals surface area contributed by atoms with E-state index in [0.29, 0.717) is 41.7 Å². The number of nitrogens with zero attached hydrogens (tertiary/aromatic N) is 2. The number of thioether (sulfide) groups is 1. The Hall–Kier alpha value is -4.04. The van der Waals surface area contributed by atoms with Gasteiger partial charge in [-0.15, -0.1) is 11.8 Å². The molecule has 0 aliphatic carbocycles. The summed E-state index contributed by atoms with van der Waals surface area (Å²) < 4.78 is 36.4. The molecule has 3 aromatic rings. The van der Waals surface area contributed by atoms with E-state index >= 15 is 0 Å². The standard InChI is InChI=1S/C38H43N3O9S.C2H6/c1-17-9-20-10-21-13-41-23-14-48-37(44)38(22-12-25(45-4)24(42)11-19(22)7-8-39-38)15-51-36(30(41)29(40(21)3)26(20)31(43)32(17)46-5)28-27(23)35-34(49-16-50-35)18(2)33(28)47-6;1-2/h9,11-12,21,23,29-30,36,39,42-43H,7-8,10,13-16H2,1-6H3;1-2H3/t21?,23?,29?,30?,36?,38-;/m1./s1. The Bertz CT molecular complexity index is 1990. The molecule has 2 saturated heterocycles. The van der Waals surface area contributed by atoms with Gasteiger partial charge in [-0.25, -0.2) is 4.79 Å². The third kappa shape index (κ3) is 5.03. The molecule has 12 nitrogen and oxygen atoms in total. The molecule has 13 heteroatoms. The highest BCUT2D eigenvalue weighted by atomic mass is 32.2. The number of likely N-dealkylation sites (N-methyl/N-ethyl adjacent to an activating group) is 1. The van der Waals surface area contributed by atoms with E-state index in [0.717, 1.165) is 63.2 Å². The first-order valence-corrected chi connectivity index (χ1v) is 19.5. The Morgan fingerprint density at radius 1 is 0.943 bits per heavy atom. The second-order valence-corrected chi connectivity index (χ2v) is 15.6. The molecule has 3 N–H and O–H groups in total. The summed E-state index contributed by atoms with van der Waals surface area (Å²) in [6.45, 7) is 9.38. The molecule has 7 heterocycles. The molecule has 0 aromatic heterocycles. The molecule has 0 radical (unpaired) electrons. The topological polar surface area (TPSA) is 131 Å². The minimum Gasteiger partial charge on any atom is -0.504 e. The maximum atomic E-state index is 14.6. The molecule has 2 fully saturated rings. The van der Waals surface area contributed by atoms with Gasteiger partial charge >= 0.3 is 5.97 Å². The summed E-state index contributed by atoms with van der Waals surface area (Å²) in [5.41, 5.74) is 6.10. The number of piperazine rings is 1. The quantitative estimate of drug-likeness (QED) is 0.304. The van der Waals surface area contributed by atoms with Crippen LogP contribution in [-0.4, -0.2) is 98.7 Å². The van der Waals surface area contributed by atoms with Crippen molar-refractivity contribution in [1.82, 2.24) is 15.1 Å². The van der Waals surface area contributed by atoms with Crippen LogP contribution in [0.25, 0.3) is 0 Å². The molecule has 0 amide bonds. The third-order valence-electron chi connectivity index (χ3n) is 12.2. The predicted octanol–water partition coefficient (Wildman–Crippen LogP) is 5.20. The fraction of sp³-hybridized carbons (Fsp3) is 0.525. The highest BCUT2D eigenvalue weighted by Crippen LogP contribution is 2.63. The van der Waals surface area contributed by atoms with E-state index < -0.39 is 11.6 Å². The average molecular weight is 748 g/mol. The molecule has 5 unspecified atom stereocenters. The van der Waals surface area contributed by atoms with Crippen molar-refractivity contribution in [2.75, 3.05) is 60.6 Å². The number of aromatic hydroxyl groups is 2. The molecular weight excluding hydrogens is 699 g/mol. The van der Waals surface area contributed by atoms with Crippen molar-refractivity contribution < 1.29 is 43.4 Å². The van der Waals surface area contributed by atoms with E-state index in [9.17, 15) is 15.0 Å². The van der Waals surface area contributed by atoms with Gasteiger partial charge in [-0.05, 0) is 68.1 Å². The number of benzene rings is 3. The molecule has 284 valence electrons. The number of hydrogen-bond acceptors (Lipinski definition) is 13. The van der Waals surface area contributed by atoms with Crippen molar-refractivity contribution in [2.45, 2.75) is 75.5 Å². The summed E-state index contributed by atoms with van der Waals surface area (Å²) in [6, 6.07) is 5.01. The number of esters is 1. The van der Waals surface area contributed by atoms with Crippen molar-refractivity contribution in [3.8, 4) is 40.2 Å². The lowest BCUT2D eigenvalue weighted by Gasteiger charge is -2.60. The summed E-state index contributed by atoms with van der Waals surface area (Å²) in [5.74, 6) is 3.00. The molecule has 10 rings (SSSR count). The van der Waals surface area contributed by atoms with Crippen molar-refractivity contribution in [1.29, 1.82) is 0 Å². The number of carbonyl (C=O) groups is 1. The Morgan fingerprint density at radius 3 is 2.43 bits per heavy atom. The summed E-state index contributed by atoms with van der Waals surface area (Å²) in [6.07, 6.45) is 1.40. The Labute approximate surface area is 314 Å². The number of rotatable bonds is 3. The number of fused-ring (bicyclic) bond motifs is 9. The molecule has 7 aliphatic rings. The maximum absolute atomic E-state index is 14.6. The van der Waals surface area contributed by atoms with E-state index in [1.54, 1.807) is 38.1 Å². The monoisotopic (exact) mass is 747 g/mol. The highest BCUT2D eigenvalue weighted by Gasteiger charge is 2.58. The molecule has 6 atom stereocenters. The van der Waals surface area contributed by atoms with Gasteiger partial charge in [-0.3, -0.25) is 15.1 Å². The first-order valence-electron chi connectivity index (χ1n) is 18.4. The van der Waals surface area contributed by atoms with Gasteiger partial charge in [-0.2, -0.15) is 0 Å². The van der Waals surface area contributed by atoms with Gasteiger partial charge < -0.3 is 38.6 Å². The van der Waals surface area contributed by atoms with Crippen LogP contribution in [0.1, 0.15) is 75.7 Å². The Kier molecular flexibility index (Phi) is 9.07. The second kappa shape index (κ2) is 13.4. The highest BCUT2D eigenvalue weighted by molar-refractivity contribution is 7.99. The molecule has 1 spiro atoms. The van der Waals surface area contributed by atoms with Crippen molar-refractivity contribution in [3.05, 3.63) is 62.7 Å². The van der Waals surface area contributed by atoms with Gasteiger partial charge in [0.1, 0.15) is 12.4 Å². The fourth-order valence-corrected chi connectivity index (χ4v) is 11.6. The minimum absolute atomic E-state index is 0.0373. The normalized spacial score (nSPS) is 28.1. The van der Waals surface area contributed by atoms with Gasteiger partial charge in [0, 0.05) is 53.2 Å². The largest absolute Gasteiger partial charge is 0.504 e. The number of methoxy groups -OCH3 is 3. The number of hydrogen-bond donors (Lipinski definition) is 3. The number of phenolic OH excluding ortho intramolecular Hbond substituents is 2. The predicted molar refractivity (Wildman–Crippen MR) is 200 cm³/mol. The molecule has 4 bridgehead atoms. The summed E-state index contributed by atoms with van der Waals surface area (Å²) in [7, 11) is 6.95. The smallest absolute Gasteiger partial charge is 0.331 e. The van der Waals surface area contributed by atoms with Gasteiger partial charge in [0.15, 0.2) is 40.0 Å². The first kappa shape index (κ1) is 36.0. The van der Waals surface area contributed by atoms with Crippen LogP contribution in [0.2, 0.25) is 0 Å². The van der Waals surface area contributed by atoms with E-state index in [1.165, 1.54) is 7.11 Å². The van der Waals surface area contributed by atoms with Gasteiger partial charge in [0.05, 0.1) is 38.7 Å². The second-order valence-electron chi connectivity index (χ2n) is 14.5. The van der Waals surface area contributed by atoms with Crippen LogP contribution < -0.4 is 29.0 Å².